The molecule has 3 rings (SSSR count). The van der Waals surface area contributed by atoms with Crippen LogP contribution in [-0.2, 0) is 22.6 Å². The molecule has 1 aromatic heterocycles. The van der Waals surface area contributed by atoms with E-state index in [0.717, 1.165) is 36.4 Å². The van der Waals surface area contributed by atoms with Gasteiger partial charge in [0.05, 0.1) is 31.6 Å². The Bertz CT molecular complexity index is 688. The van der Waals surface area contributed by atoms with E-state index in [0.29, 0.717) is 19.8 Å². The number of nitrogens with one attached hydrogen (secondary N) is 2. The van der Waals surface area contributed by atoms with Crippen LogP contribution in [0.2, 0.25) is 0 Å². The zero-order valence-corrected chi connectivity index (χ0v) is 14.8. The molecule has 0 bridgehead atoms. The minimum absolute atomic E-state index is 0.211. The van der Waals surface area contributed by atoms with Gasteiger partial charge in [0, 0.05) is 18.5 Å². The number of hydrogen-bond donors (Lipinski definition) is 2. The van der Waals surface area contributed by atoms with Crippen molar-refractivity contribution in [2.75, 3.05) is 18.5 Å². The van der Waals surface area contributed by atoms with E-state index >= 15 is 0 Å². The second-order valence-electron chi connectivity index (χ2n) is 6.33. The van der Waals surface area contributed by atoms with Crippen molar-refractivity contribution in [3.8, 4) is 0 Å². The van der Waals surface area contributed by atoms with Crippen LogP contribution < -0.4 is 10.6 Å². The number of amides is 2. The first-order chi connectivity index (χ1) is 12.8. The molecule has 1 aliphatic rings. The lowest BCUT2D eigenvalue weighted by Crippen LogP contribution is -2.28. The molecular weight excluding hydrogens is 330 g/mol. The second-order valence-corrected chi connectivity index (χ2v) is 6.33. The summed E-state index contributed by atoms with van der Waals surface area (Å²) in [5.41, 5.74) is 2.57. The number of hydrogen-bond acceptors (Lipinski definition) is 4. The minimum atomic E-state index is -0.260. The summed E-state index contributed by atoms with van der Waals surface area (Å²) in [5, 5.41) is 5.63. The largest absolute Gasteiger partial charge is 0.376 e. The fraction of sp³-hybridized carbons (Fsp3) is 0.400. The van der Waals surface area contributed by atoms with Crippen molar-refractivity contribution in [3.05, 3.63) is 59.9 Å². The summed E-state index contributed by atoms with van der Waals surface area (Å²) in [7, 11) is 0. The lowest BCUT2D eigenvalue weighted by atomic mass is 10.1. The first kappa shape index (κ1) is 18.4. The predicted molar refractivity (Wildman–Crippen MR) is 99.8 cm³/mol. The molecule has 2 amide bonds. The zero-order chi connectivity index (χ0) is 18.0. The highest BCUT2D eigenvalue weighted by atomic mass is 16.5. The Kier molecular flexibility index (Phi) is 6.98. The van der Waals surface area contributed by atoms with Gasteiger partial charge in [-0.05, 0) is 49.1 Å². The van der Waals surface area contributed by atoms with Crippen LogP contribution >= 0.6 is 0 Å². The molecule has 0 aliphatic carbocycles. The molecule has 0 saturated carbocycles. The van der Waals surface area contributed by atoms with Gasteiger partial charge in [0.25, 0.3) is 0 Å². The molecule has 2 N–H and O–H groups in total. The Morgan fingerprint density at radius 1 is 1.23 bits per heavy atom. The van der Waals surface area contributed by atoms with E-state index in [2.05, 4.69) is 15.6 Å². The molecule has 0 radical (unpaired) electrons. The monoisotopic (exact) mass is 355 g/mol. The Hall–Kier alpha value is -2.44. The number of benzene rings is 1. The molecule has 6 nitrogen and oxygen atoms in total. The maximum atomic E-state index is 12.0. The summed E-state index contributed by atoms with van der Waals surface area (Å²) >= 11 is 0. The quantitative estimate of drug-likeness (QED) is 0.797. The topological polar surface area (TPSA) is 72.5 Å². The van der Waals surface area contributed by atoms with Crippen molar-refractivity contribution in [3.63, 3.8) is 0 Å². The van der Waals surface area contributed by atoms with Gasteiger partial charge >= 0.3 is 6.03 Å². The van der Waals surface area contributed by atoms with Crippen molar-refractivity contribution in [1.82, 2.24) is 10.3 Å². The van der Waals surface area contributed by atoms with E-state index in [-0.39, 0.29) is 12.1 Å². The van der Waals surface area contributed by atoms with Crippen LogP contribution in [0.25, 0.3) is 0 Å². The number of rotatable bonds is 7. The van der Waals surface area contributed by atoms with E-state index in [4.69, 9.17) is 9.47 Å². The fourth-order valence-electron chi connectivity index (χ4n) is 2.83. The Morgan fingerprint density at radius 3 is 3.00 bits per heavy atom. The number of nitrogens with zero attached hydrogens (tertiary/aromatic N) is 1. The van der Waals surface area contributed by atoms with Gasteiger partial charge in [-0.15, -0.1) is 0 Å². The molecular formula is C20H25N3O3. The highest BCUT2D eigenvalue weighted by molar-refractivity contribution is 5.89. The van der Waals surface area contributed by atoms with Crippen LogP contribution in [0.5, 0.6) is 0 Å². The zero-order valence-electron chi connectivity index (χ0n) is 14.8. The molecule has 1 aliphatic heterocycles. The number of pyridine rings is 1. The van der Waals surface area contributed by atoms with Gasteiger partial charge in [0.1, 0.15) is 0 Å². The van der Waals surface area contributed by atoms with E-state index in [1.54, 1.807) is 6.20 Å². The van der Waals surface area contributed by atoms with Crippen LogP contribution in [0.3, 0.4) is 0 Å². The summed E-state index contributed by atoms with van der Waals surface area (Å²) < 4.78 is 11.4. The summed E-state index contributed by atoms with van der Waals surface area (Å²) in [6.07, 6.45) is 5.34. The van der Waals surface area contributed by atoms with Gasteiger partial charge in [-0.3, -0.25) is 4.98 Å². The van der Waals surface area contributed by atoms with Gasteiger partial charge < -0.3 is 20.1 Å². The number of carbonyl (C=O) groups excluding carboxylic acids is 1. The van der Waals surface area contributed by atoms with E-state index in [1.165, 1.54) is 6.42 Å². The van der Waals surface area contributed by atoms with Gasteiger partial charge in [0.15, 0.2) is 0 Å². The van der Waals surface area contributed by atoms with Crippen LogP contribution in [-0.4, -0.2) is 30.3 Å². The third-order valence-electron chi connectivity index (χ3n) is 4.19. The van der Waals surface area contributed by atoms with Crippen molar-refractivity contribution < 1.29 is 14.3 Å². The van der Waals surface area contributed by atoms with Crippen LogP contribution in [0.1, 0.15) is 30.5 Å². The first-order valence-corrected chi connectivity index (χ1v) is 9.02. The van der Waals surface area contributed by atoms with Gasteiger partial charge in [-0.2, -0.15) is 0 Å². The van der Waals surface area contributed by atoms with Gasteiger partial charge in [-0.1, -0.05) is 18.2 Å². The molecule has 1 atom stereocenters. The van der Waals surface area contributed by atoms with Crippen molar-refractivity contribution >= 4 is 11.7 Å². The molecule has 6 heteroatoms. The smallest absolute Gasteiger partial charge is 0.319 e. The fourth-order valence-corrected chi connectivity index (χ4v) is 2.83. The number of urea groups is 1. The number of anilines is 1. The molecule has 0 spiro atoms. The molecule has 26 heavy (non-hydrogen) atoms. The summed E-state index contributed by atoms with van der Waals surface area (Å²) in [5.74, 6) is 0. The third kappa shape index (κ3) is 6.13. The van der Waals surface area contributed by atoms with Crippen molar-refractivity contribution in [1.29, 1.82) is 0 Å². The molecule has 1 aromatic carbocycles. The maximum Gasteiger partial charge on any atom is 0.319 e. The van der Waals surface area contributed by atoms with E-state index in [1.807, 2.05) is 42.5 Å². The molecule has 1 saturated heterocycles. The Morgan fingerprint density at radius 2 is 2.19 bits per heavy atom. The number of carbonyl (C=O) groups is 1. The normalized spacial score (nSPS) is 16.8. The SMILES string of the molecule is O=C(NCc1ccccn1)Nc1cccc(COC[C@H]2CCCCO2)c1. The van der Waals surface area contributed by atoms with E-state index in [9.17, 15) is 4.79 Å². The van der Waals surface area contributed by atoms with Crippen LogP contribution in [0, 0.1) is 0 Å². The second kappa shape index (κ2) is 9.89. The standard InChI is InChI=1S/C20H25N3O3/c24-20(22-13-18-7-1-3-10-21-18)23-17-8-5-6-16(12-17)14-25-15-19-9-2-4-11-26-19/h1,3,5-8,10,12,19H,2,4,9,11,13-15H2,(H2,22,23,24)/t19-/m1/s1. The maximum absolute atomic E-state index is 12.0. The average Bonchev–Trinajstić information content (AvgIpc) is 2.68. The predicted octanol–water partition coefficient (Wildman–Crippen LogP) is 3.49. The highest BCUT2D eigenvalue weighted by Gasteiger charge is 2.13. The molecule has 2 aromatic rings. The number of aromatic nitrogens is 1. The Balaban J connectivity index is 1.42. The first-order valence-electron chi connectivity index (χ1n) is 9.02. The van der Waals surface area contributed by atoms with E-state index < -0.39 is 0 Å². The lowest BCUT2D eigenvalue weighted by molar-refractivity contribution is -0.0447. The highest BCUT2D eigenvalue weighted by Crippen LogP contribution is 2.15. The van der Waals surface area contributed by atoms with Crippen LogP contribution in [0.15, 0.2) is 48.7 Å². The molecule has 1 fully saturated rings. The van der Waals surface area contributed by atoms with Crippen LogP contribution in [0.4, 0.5) is 10.5 Å². The third-order valence-corrected chi connectivity index (χ3v) is 4.19. The summed E-state index contributed by atoms with van der Waals surface area (Å²) in [4.78, 5) is 16.2. The average molecular weight is 355 g/mol. The summed E-state index contributed by atoms with van der Waals surface area (Å²) in [6.45, 7) is 2.34. The lowest BCUT2D eigenvalue weighted by Gasteiger charge is -2.22. The van der Waals surface area contributed by atoms with Crippen molar-refractivity contribution in [2.24, 2.45) is 0 Å². The minimum Gasteiger partial charge on any atom is -0.376 e. The summed E-state index contributed by atoms with van der Waals surface area (Å²) in [6, 6.07) is 13.0. The number of ether oxygens (including phenoxy) is 2. The molecule has 138 valence electrons. The molecule has 2 heterocycles. The van der Waals surface area contributed by atoms with Crippen molar-refractivity contribution in [2.45, 2.75) is 38.5 Å². The van der Waals surface area contributed by atoms with Gasteiger partial charge in [-0.25, -0.2) is 4.79 Å². The van der Waals surface area contributed by atoms with Gasteiger partial charge in [0.2, 0.25) is 0 Å². The molecule has 0 unspecified atom stereocenters. The Labute approximate surface area is 153 Å².